The zero-order valence-electron chi connectivity index (χ0n) is 15.6. The van der Waals surface area contributed by atoms with E-state index >= 15 is 0 Å². The first-order valence-corrected chi connectivity index (χ1v) is 8.87. The molecule has 1 amide bonds. The van der Waals surface area contributed by atoms with Crippen molar-refractivity contribution in [3.8, 4) is 11.1 Å². The van der Waals surface area contributed by atoms with Crippen molar-refractivity contribution >= 4 is 17.6 Å². The van der Waals surface area contributed by atoms with E-state index in [9.17, 15) is 4.79 Å². The molecule has 0 radical (unpaired) electrons. The monoisotopic (exact) mass is 368 g/mol. The third kappa shape index (κ3) is 3.32. The molecular formula is C18H22N7O2-. The van der Waals surface area contributed by atoms with Crippen LogP contribution >= 0.6 is 0 Å². The summed E-state index contributed by atoms with van der Waals surface area (Å²) in [7, 11) is 0. The van der Waals surface area contributed by atoms with E-state index in [2.05, 4.69) is 15.3 Å². The van der Waals surface area contributed by atoms with E-state index in [4.69, 9.17) is 15.5 Å². The Hall–Kier alpha value is -3.10. The van der Waals surface area contributed by atoms with Crippen LogP contribution in [0.3, 0.4) is 0 Å². The molecule has 3 aromatic rings. The Morgan fingerprint density at radius 1 is 1.37 bits per heavy atom. The molecule has 1 atom stereocenters. The first-order chi connectivity index (χ1) is 12.8. The normalized spacial score (nSPS) is 17.6. The van der Waals surface area contributed by atoms with Gasteiger partial charge in [-0.25, -0.2) is 9.78 Å². The summed E-state index contributed by atoms with van der Waals surface area (Å²) in [6, 6.07) is 1.83. The Bertz CT molecular complexity index is 972. The lowest BCUT2D eigenvalue weighted by molar-refractivity contribution is 0.0292. The lowest BCUT2D eigenvalue weighted by Gasteiger charge is -2.24. The molecule has 0 aliphatic carbocycles. The summed E-state index contributed by atoms with van der Waals surface area (Å²) in [4.78, 5) is 18.8. The molecule has 1 fully saturated rings. The smallest absolute Gasteiger partial charge is 0.410 e. The van der Waals surface area contributed by atoms with Gasteiger partial charge in [0.2, 0.25) is 0 Å². The molecule has 9 heteroatoms. The number of rotatable bonds is 2. The van der Waals surface area contributed by atoms with E-state index in [0.717, 1.165) is 23.2 Å². The van der Waals surface area contributed by atoms with Crippen molar-refractivity contribution in [2.24, 2.45) is 0 Å². The largest absolute Gasteiger partial charge is 0.581 e. The van der Waals surface area contributed by atoms with Gasteiger partial charge in [0.05, 0.1) is 11.9 Å². The number of anilines is 1. The van der Waals surface area contributed by atoms with Crippen LogP contribution in [0.15, 0.2) is 24.7 Å². The highest BCUT2D eigenvalue weighted by Crippen LogP contribution is 2.31. The average Bonchev–Trinajstić information content (AvgIpc) is 3.32. The minimum Gasteiger partial charge on any atom is -0.581 e. The van der Waals surface area contributed by atoms with Gasteiger partial charge in [-0.1, -0.05) is 0 Å². The Balaban J connectivity index is 1.61. The molecule has 1 saturated heterocycles. The van der Waals surface area contributed by atoms with Crippen LogP contribution in [0.1, 0.15) is 38.8 Å². The molecule has 1 unspecified atom stereocenters. The fourth-order valence-electron chi connectivity index (χ4n) is 3.28. The molecular weight excluding hydrogens is 346 g/mol. The predicted molar refractivity (Wildman–Crippen MR) is 99.1 cm³/mol. The first kappa shape index (κ1) is 17.3. The number of ether oxygens (including phenoxy) is 1. The summed E-state index contributed by atoms with van der Waals surface area (Å²) in [5.41, 5.74) is 8.87. The predicted octanol–water partition coefficient (Wildman–Crippen LogP) is 2.06. The number of fused-ring (bicyclic) bond motifs is 1. The van der Waals surface area contributed by atoms with Crippen LogP contribution in [0, 0.1) is 0 Å². The fourth-order valence-corrected chi connectivity index (χ4v) is 3.28. The van der Waals surface area contributed by atoms with Gasteiger partial charge in [0.25, 0.3) is 0 Å². The number of nitrogens with zero attached hydrogens (tertiary/aromatic N) is 6. The second kappa shape index (κ2) is 6.26. The zero-order valence-corrected chi connectivity index (χ0v) is 15.6. The molecule has 9 nitrogen and oxygen atoms in total. The van der Waals surface area contributed by atoms with Crippen molar-refractivity contribution in [1.29, 1.82) is 0 Å². The Kier molecular flexibility index (Phi) is 4.01. The lowest BCUT2D eigenvalue weighted by Crippen LogP contribution is -2.35. The third-order valence-electron chi connectivity index (χ3n) is 4.55. The summed E-state index contributed by atoms with van der Waals surface area (Å²) >= 11 is 0. The second-order valence-corrected chi connectivity index (χ2v) is 7.76. The molecule has 1 aliphatic heterocycles. The maximum Gasteiger partial charge on any atom is 0.410 e. The van der Waals surface area contributed by atoms with E-state index in [0.29, 0.717) is 24.6 Å². The van der Waals surface area contributed by atoms with Gasteiger partial charge in [0.1, 0.15) is 11.4 Å². The van der Waals surface area contributed by atoms with Gasteiger partial charge in [-0.2, -0.15) is 15.8 Å². The molecule has 0 aromatic carbocycles. The molecule has 4 rings (SSSR count). The molecule has 3 aromatic heterocycles. The van der Waals surface area contributed by atoms with Crippen molar-refractivity contribution < 1.29 is 9.53 Å². The minimum absolute atomic E-state index is 0.100. The third-order valence-corrected chi connectivity index (χ3v) is 4.55. The Morgan fingerprint density at radius 3 is 2.89 bits per heavy atom. The number of nitrogens with two attached hydrogens (primary N) is 1. The van der Waals surface area contributed by atoms with Crippen molar-refractivity contribution in [2.45, 2.75) is 38.7 Å². The van der Waals surface area contributed by atoms with Crippen LogP contribution in [0.25, 0.3) is 16.8 Å². The number of amides is 1. The molecule has 2 N–H and O–H groups in total. The minimum atomic E-state index is -0.509. The van der Waals surface area contributed by atoms with E-state index in [-0.39, 0.29) is 12.0 Å². The van der Waals surface area contributed by atoms with Gasteiger partial charge < -0.3 is 25.6 Å². The quantitative estimate of drug-likeness (QED) is 0.736. The van der Waals surface area contributed by atoms with Gasteiger partial charge in [-0.15, -0.1) is 0 Å². The highest BCUT2D eigenvalue weighted by atomic mass is 16.6. The van der Waals surface area contributed by atoms with Crippen LogP contribution in [-0.2, 0) is 4.74 Å². The summed E-state index contributed by atoms with van der Waals surface area (Å²) in [5, 5.41) is 12.0. The van der Waals surface area contributed by atoms with Crippen molar-refractivity contribution in [3.63, 3.8) is 0 Å². The lowest BCUT2D eigenvalue weighted by atomic mass is 10.0. The van der Waals surface area contributed by atoms with Crippen LogP contribution < -0.4 is 10.8 Å². The molecule has 0 bridgehead atoms. The molecule has 4 heterocycles. The summed E-state index contributed by atoms with van der Waals surface area (Å²) in [5.74, 6) is 0.605. The number of hydrogen-bond donors (Lipinski definition) is 1. The number of nitrogen functional groups attached to an aromatic ring is 1. The number of hydrogen-bond acceptors (Lipinski definition) is 6. The van der Waals surface area contributed by atoms with Gasteiger partial charge in [-0.3, -0.25) is 0 Å². The number of aromatic nitrogens is 5. The van der Waals surface area contributed by atoms with Crippen molar-refractivity contribution in [2.75, 3.05) is 18.8 Å². The summed E-state index contributed by atoms with van der Waals surface area (Å²) in [6.07, 6.45) is 5.56. The van der Waals surface area contributed by atoms with E-state index in [1.807, 2.05) is 26.8 Å². The molecule has 0 spiro atoms. The maximum atomic E-state index is 12.3. The van der Waals surface area contributed by atoms with Crippen LogP contribution in [0.4, 0.5) is 10.6 Å². The van der Waals surface area contributed by atoms with Gasteiger partial charge >= 0.3 is 6.09 Å². The van der Waals surface area contributed by atoms with Crippen molar-refractivity contribution in [1.82, 2.24) is 29.7 Å². The number of likely N-dealkylation sites (tertiary alicyclic amines) is 1. The van der Waals surface area contributed by atoms with E-state index < -0.39 is 5.60 Å². The van der Waals surface area contributed by atoms with Crippen LogP contribution in [0.5, 0.6) is 0 Å². The highest BCUT2D eigenvalue weighted by Gasteiger charge is 2.31. The van der Waals surface area contributed by atoms with Crippen molar-refractivity contribution in [3.05, 3.63) is 30.4 Å². The summed E-state index contributed by atoms with van der Waals surface area (Å²) in [6.45, 7) is 6.78. The molecule has 1 aliphatic rings. The van der Waals surface area contributed by atoms with E-state index in [1.165, 1.54) is 0 Å². The van der Waals surface area contributed by atoms with Crippen LogP contribution in [-0.4, -0.2) is 49.4 Å². The SMILES string of the molecule is CC(C)(C)OC(=O)N1CCC(c2cc(N)n3ncc(-c4cn[n-]c4)c3n2)C1. The number of carbonyl (C=O) groups is 1. The van der Waals surface area contributed by atoms with Gasteiger partial charge in [0, 0.05) is 36.8 Å². The first-order valence-electron chi connectivity index (χ1n) is 8.87. The van der Waals surface area contributed by atoms with Gasteiger partial charge in [0.15, 0.2) is 5.65 Å². The van der Waals surface area contributed by atoms with Gasteiger partial charge in [-0.05, 0) is 32.8 Å². The summed E-state index contributed by atoms with van der Waals surface area (Å²) < 4.78 is 7.07. The fraction of sp³-hybridized carbons (Fsp3) is 0.444. The molecule has 142 valence electrons. The average molecular weight is 368 g/mol. The molecule has 0 saturated carbocycles. The topological polar surface area (TPSA) is 113 Å². The number of carbonyl (C=O) groups excluding carboxylic acids is 1. The Labute approximate surface area is 156 Å². The van der Waals surface area contributed by atoms with Crippen LogP contribution in [0.2, 0.25) is 0 Å². The molecule has 27 heavy (non-hydrogen) atoms. The maximum absolute atomic E-state index is 12.3. The second-order valence-electron chi connectivity index (χ2n) is 7.76. The highest BCUT2D eigenvalue weighted by molar-refractivity contribution is 5.77. The Morgan fingerprint density at radius 2 is 2.19 bits per heavy atom. The standard InChI is InChI=1S/C18H22N7O2/c1-18(2,3)27-17(26)24-5-4-11(10-24)14-6-15(19)25-16(23-14)13(9-22-25)12-7-20-21-8-12/h6-9,11H,4-5,10H2,1-3H3,(H2-,19,20,21,22,23)/q-1. The van der Waals surface area contributed by atoms with E-state index in [1.54, 1.807) is 28.0 Å². The zero-order chi connectivity index (χ0) is 19.2.